The molecule has 0 bridgehead atoms. The highest BCUT2D eigenvalue weighted by molar-refractivity contribution is 5.96. The second-order valence-electron chi connectivity index (χ2n) is 6.74. The van der Waals surface area contributed by atoms with Crippen LogP contribution in [-0.4, -0.2) is 50.3 Å². The van der Waals surface area contributed by atoms with Crippen molar-refractivity contribution in [3.8, 4) is 23.8 Å². The minimum atomic E-state index is -0.230. The molecular weight excluding hydrogens is 370 g/mol. The fourth-order valence-corrected chi connectivity index (χ4v) is 3.28. The lowest BCUT2D eigenvalue weighted by Crippen LogP contribution is -2.47. The molecule has 1 aromatic heterocycles. The topological polar surface area (TPSA) is 61.1 Å². The Morgan fingerprint density at radius 2 is 2.14 bits per heavy atom. The van der Waals surface area contributed by atoms with Crippen molar-refractivity contribution in [3.05, 3.63) is 59.9 Å². The molecule has 1 amide bonds. The van der Waals surface area contributed by atoms with Gasteiger partial charge in [-0.25, -0.2) is 0 Å². The SMILES string of the molecule is C#Cc1cccc(OCC2CN(C(=O)c3cc4cc(OC)ccc4o3)CCO2)c1. The van der Waals surface area contributed by atoms with Gasteiger partial charge in [0.15, 0.2) is 5.76 Å². The van der Waals surface area contributed by atoms with E-state index in [-0.39, 0.29) is 12.0 Å². The van der Waals surface area contributed by atoms with E-state index in [9.17, 15) is 4.79 Å². The third-order valence-corrected chi connectivity index (χ3v) is 4.80. The van der Waals surface area contributed by atoms with E-state index in [0.29, 0.717) is 43.4 Å². The Balaban J connectivity index is 1.41. The minimum Gasteiger partial charge on any atom is -0.497 e. The normalized spacial score (nSPS) is 16.4. The van der Waals surface area contributed by atoms with E-state index in [1.165, 1.54) is 0 Å². The van der Waals surface area contributed by atoms with Crippen LogP contribution in [0.2, 0.25) is 0 Å². The van der Waals surface area contributed by atoms with Crippen LogP contribution in [0.25, 0.3) is 11.0 Å². The highest BCUT2D eigenvalue weighted by Crippen LogP contribution is 2.25. The average Bonchev–Trinajstić information content (AvgIpc) is 3.20. The molecule has 29 heavy (non-hydrogen) atoms. The summed E-state index contributed by atoms with van der Waals surface area (Å²) in [6.07, 6.45) is 5.19. The fourth-order valence-electron chi connectivity index (χ4n) is 3.28. The predicted octanol–water partition coefficient (Wildman–Crippen LogP) is 3.34. The number of nitrogens with zero attached hydrogens (tertiary/aromatic N) is 1. The van der Waals surface area contributed by atoms with Crippen LogP contribution in [0.4, 0.5) is 0 Å². The number of benzene rings is 2. The quantitative estimate of drug-likeness (QED) is 0.625. The molecule has 6 heteroatoms. The van der Waals surface area contributed by atoms with Crippen LogP contribution in [0.1, 0.15) is 16.1 Å². The van der Waals surface area contributed by atoms with Gasteiger partial charge in [-0.05, 0) is 42.5 Å². The summed E-state index contributed by atoms with van der Waals surface area (Å²) in [6, 6.07) is 14.5. The number of amides is 1. The van der Waals surface area contributed by atoms with Crippen LogP contribution in [0.3, 0.4) is 0 Å². The van der Waals surface area contributed by atoms with Crippen molar-refractivity contribution in [3.63, 3.8) is 0 Å². The van der Waals surface area contributed by atoms with Crippen molar-refractivity contribution in [2.24, 2.45) is 0 Å². The van der Waals surface area contributed by atoms with E-state index >= 15 is 0 Å². The molecule has 4 rings (SSSR count). The Hall–Kier alpha value is -3.43. The Morgan fingerprint density at radius 3 is 2.97 bits per heavy atom. The second kappa shape index (κ2) is 8.29. The molecule has 2 heterocycles. The first kappa shape index (κ1) is 18.9. The summed E-state index contributed by atoms with van der Waals surface area (Å²) in [6.45, 7) is 1.70. The van der Waals surface area contributed by atoms with Crippen molar-refractivity contribution in [1.29, 1.82) is 0 Å². The van der Waals surface area contributed by atoms with E-state index in [1.54, 1.807) is 36.3 Å². The molecule has 1 unspecified atom stereocenters. The highest BCUT2D eigenvalue weighted by Gasteiger charge is 2.27. The number of carbonyl (C=O) groups excluding carboxylic acids is 1. The predicted molar refractivity (Wildman–Crippen MR) is 108 cm³/mol. The zero-order valence-electron chi connectivity index (χ0n) is 16.1. The van der Waals surface area contributed by atoms with Gasteiger partial charge in [0.25, 0.3) is 5.91 Å². The van der Waals surface area contributed by atoms with Crippen molar-refractivity contribution in [2.45, 2.75) is 6.10 Å². The number of rotatable bonds is 5. The summed E-state index contributed by atoms with van der Waals surface area (Å²) in [5.74, 6) is 4.12. The number of carbonyl (C=O) groups is 1. The molecule has 1 saturated heterocycles. The fraction of sp³-hybridized carbons (Fsp3) is 0.261. The number of terminal acetylenes is 1. The molecule has 1 aliphatic heterocycles. The Bertz CT molecular complexity index is 1060. The molecule has 2 aromatic carbocycles. The molecule has 0 N–H and O–H groups in total. The van der Waals surface area contributed by atoms with E-state index in [0.717, 1.165) is 16.7 Å². The Kier molecular flexibility index (Phi) is 5.41. The molecule has 0 radical (unpaired) electrons. The first-order valence-corrected chi connectivity index (χ1v) is 9.34. The maximum absolute atomic E-state index is 12.9. The van der Waals surface area contributed by atoms with Crippen molar-refractivity contribution in [1.82, 2.24) is 4.90 Å². The summed E-state index contributed by atoms with van der Waals surface area (Å²) in [5.41, 5.74) is 1.40. The van der Waals surface area contributed by atoms with Crippen LogP contribution >= 0.6 is 0 Å². The lowest BCUT2D eigenvalue weighted by atomic mass is 10.2. The number of morpholine rings is 1. The highest BCUT2D eigenvalue weighted by atomic mass is 16.5. The number of furan rings is 1. The molecule has 3 aromatic rings. The molecule has 0 aliphatic carbocycles. The van der Waals surface area contributed by atoms with Crippen LogP contribution in [0, 0.1) is 12.3 Å². The summed E-state index contributed by atoms with van der Waals surface area (Å²) in [7, 11) is 1.60. The van der Waals surface area contributed by atoms with Crippen molar-refractivity contribution >= 4 is 16.9 Å². The number of methoxy groups -OCH3 is 1. The van der Waals surface area contributed by atoms with E-state index < -0.39 is 0 Å². The molecule has 148 valence electrons. The van der Waals surface area contributed by atoms with Gasteiger partial charge in [-0.2, -0.15) is 0 Å². The average molecular weight is 391 g/mol. The lowest BCUT2D eigenvalue weighted by molar-refractivity contribution is -0.0407. The maximum atomic E-state index is 12.9. The third kappa shape index (κ3) is 4.20. The van der Waals surface area contributed by atoms with Crippen LogP contribution in [0.15, 0.2) is 52.9 Å². The number of hydrogen-bond donors (Lipinski definition) is 0. The second-order valence-corrected chi connectivity index (χ2v) is 6.74. The summed E-state index contributed by atoms with van der Waals surface area (Å²) >= 11 is 0. The largest absolute Gasteiger partial charge is 0.497 e. The van der Waals surface area contributed by atoms with Gasteiger partial charge in [0.1, 0.15) is 29.8 Å². The van der Waals surface area contributed by atoms with Crippen LogP contribution in [0.5, 0.6) is 11.5 Å². The molecule has 0 saturated carbocycles. The van der Waals surface area contributed by atoms with Gasteiger partial charge in [-0.15, -0.1) is 6.42 Å². The van der Waals surface area contributed by atoms with Crippen LogP contribution < -0.4 is 9.47 Å². The molecule has 0 spiro atoms. The molecule has 1 atom stereocenters. The molecule has 1 aliphatic rings. The van der Waals surface area contributed by atoms with E-state index in [2.05, 4.69) is 5.92 Å². The number of ether oxygens (including phenoxy) is 3. The molecule has 1 fully saturated rings. The Morgan fingerprint density at radius 1 is 1.24 bits per heavy atom. The van der Waals surface area contributed by atoms with E-state index in [4.69, 9.17) is 25.1 Å². The van der Waals surface area contributed by atoms with Crippen molar-refractivity contribution in [2.75, 3.05) is 33.4 Å². The minimum absolute atomic E-state index is 0.164. The smallest absolute Gasteiger partial charge is 0.289 e. The molecule has 6 nitrogen and oxygen atoms in total. The maximum Gasteiger partial charge on any atom is 0.289 e. The standard InChI is InChI=1S/C23H21NO5/c1-3-16-5-4-6-19(11-16)28-15-20-14-24(9-10-27-20)23(25)22-13-17-12-18(26-2)7-8-21(17)29-22/h1,4-8,11-13,20H,9-10,14-15H2,2H3. The number of fused-ring (bicyclic) bond motifs is 1. The van der Waals surface area contributed by atoms with Gasteiger partial charge < -0.3 is 23.5 Å². The summed E-state index contributed by atoms with van der Waals surface area (Å²) in [5, 5.41) is 0.828. The Labute approximate surface area is 169 Å². The van der Waals surface area contributed by atoms with Crippen molar-refractivity contribution < 1.29 is 23.4 Å². The first-order chi connectivity index (χ1) is 14.2. The van der Waals surface area contributed by atoms with Gasteiger partial charge in [-0.1, -0.05) is 12.0 Å². The van der Waals surface area contributed by atoms with Gasteiger partial charge in [-0.3, -0.25) is 4.79 Å². The monoisotopic (exact) mass is 391 g/mol. The van der Waals surface area contributed by atoms with Gasteiger partial charge in [0.05, 0.1) is 20.3 Å². The zero-order chi connectivity index (χ0) is 20.2. The summed E-state index contributed by atoms with van der Waals surface area (Å²) in [4.78, 5) is 14.6. The van der Waals surface area contributed by atoms with Crippen LogP contribution in [-0.2, 0) is 4.74 Å². The number of hydrogen-bond acceptors (Lipinski definition) is 5. The molecular formula is C23H21NO5. The van der Waals surface area contributed by atoms with Gasteiger partial charge in [0.2, 0.25) is 0 Å². The van der Waals surface area contributed by atoms with E-state index in [1.807, 2.05) is 24.3 Å². The third-order valence-electron chi connectivity index (χ3n) is 4.80. The zero-order valence-corrected chi connectivity index (χ0v) is 16.1. The van der Waals surface area contributed by atoms with Gasteiger partial charge in [0, 0.05) is 17.5 Å². The van der Waals surface area contributed by atoms with Gasteiger partial charge >= 0.3 is 0 Å². The first-order valence-electron chi connectivity index (χ1n) is 9.34. The summed E-state index contributed by atoms with van der Waals surface area (Å²) < 4.78 is 22.5. The lowest BCUT2D eigenvalue weighted by Gasteiger charge is -2.32.